The fraction of sp³-hybridized carbons (Fsp3) is 0.250. The van der Waals surface area contributed by atoms with Crippen molar-refractivity contribution in [2.24, 2.45) is 0 Å². The van der Waals surface area contributed by atoms with Gasteiger partial charge in [0, 0.05) is 0 Å². The Morgan fingerprint density at radius 3 is 2.82 bits per heavy atom. The first-order valence-electron chi connectivity index (χ1n) is 5.38. The van der Waals surface area contributed by atoms with Gasteiger partial charge in [0.1, 0.15) is 0 Å². The van der Waals surface area contributed by atoms with Crippen molar-refractivity contribution in [1.82, 2.24) is 20.7 Å². The third kappa shape index (κ3) is 3.90. The second-order valence-electron chi connectivity index (χ2n) is 3.61. The van der Waals surface area contributed by atoms with Crippen molar-refractivity contribution in [1.29, 1.82) is 0 Å². The summed E-state index contributed by atoms with van der Waals surface area (Å²) in [6.07, 6.45) is 1.62. The van der Waals surface area contributed by atoms with Gasteiger partial charge in [0.25, 0.3) is 0 Å². The van der Waals surface area contributed by atoms with Crippen LogP contribution in [-0.2, 0) is 18.0 Å². The molecular formula is C12H14N4O. The molecule has 1 aromatic heterocycles. The molecule has 0 aliphatic rings. The SMILES string of the molecule is Cc1cnnc(CNOCc2ccccc2)n1. The smallest absolute Gasteiger partial charge is 0.167 e. The predicted molar refractivity (Wildman–Crippen MR) is 62.6 cm³/mol. The van der Waals surface area contributed by atoms with Gasteiger partial charge >= 0.3 is 0 Å². The number of nitrogens with zero attached hydrogens (tertiary/aromatic N) is 3. The van der Waals surface area contributed by atoms with Gasteiger partial charge < -0.3 is 0 Å². The van der Waals surface area contributed by atoms with Crippen molar-refractivity contribution in [3.63, 3.8) is 0 Å². The number of hydroxylamine groups is 1. The molecule has 0 saturated carbocycles. The number of aryl methyl sites for hydroxylation is 1. The predicted octanol–water partition coefficient (Wildman–Crippen LogP) is 1.40. The Labute approximate surface area is 99.8 Å². The minimum absolute atomic E-state index is 0.446. The summed E-state index contributed by atoms with van der Waals surface area (Å²) in [6.45, 7) is 2.84. The maximum Gasteiger partial charge on any atom is 0.167 e. The average molecular weight is 230 g/mol. The Kier molecular flexibility index (Phi) is 4.12. The van der Waals surface area contributed by atoms with Crippen molar-refractivity contribution in [3.8, 4) is 0 Å². The van der Waals surface area contributed by atoms with Crippen LogP contribution in [-0.4, -0.2) is 15.2 Å². The summed E-state index contributed by atoms with van der Waals surface area (Å²) in [5.74, 6) is 0.623. The van der Waals surface area contributed by atoms with E-state index in [1.807, 2.05) is 37.3 Å². The molecule has 88 valence electrons. The highest BCUT2D eigenvalue weighted by molar-refractivity contribution is 5.13. The lowest BCUT2D eigenvalue weighted by Crippen LogP contribution is -2.16. The van der Waals surface area contributed by atoms with Crippen LogP contribution in [0.5, 0.6) is 0 Å². The van der Waals surface area contributed by atoms with Gasteiger partial charge in [0.15, 0.2) is 5.82 Å². The Hall–Kier alpha value is -1.85. The van der Waals surface area contributed by atoms with E-state index in [0.29, 0.717) is 19.0 Å². The molecule has 0 saturated heterocycles. The Morgan fingerprint density at radius 2 is 2.06 bits per heavy atom. The maximum absolute atomic E-state index is 5.31. The quantitative estimate of drug-likeness (QED) is 0.621. The van der Waals surface area contributed by atoms with Gasteiger partial charge in [0.2, 0.25) is 0 Å². The summed E-state index contributed by atoms with van der Waals surface area (Å²) < 4.78 is 0. The molecule has 1 aromatic carbocycles. The van der Waals surface area contributed by atoms with Crippen LogP contribution in [0.1, 0.15) is 17.1 Å². The van der Waals surface area contributed by atoms with Crippen molar-refractivity contribution >= 4 is 0 Å². The average Bonchev–Trinajstić information content (AvgIpc) is 2.36. The molecule has 0 amide bonds. The van der Waals surface area contributed by atoms with Crippen LogP contribution < -0.4 is 5.48 Å². The summed E-state index contributed by atoms with van der Waals surface area (Å²) >= 11 is 0. The number of rotatable bonds is 5. The lowest BCUT2D eigenvalue weighted by Gasteiger charge is -2.04. The lowest BCUT2D eigenvalue weighted by molar-refractivity contribution is 0.0219. The van der Waals surface area contributed by atoms with Gasteiger partial charge in [-0.1, -0.05) is 30.3 Å². The second kappa shape index (κ2) is 6.03. The van der Waals surface area contributed by atoms with Crippen molar-refractivity contribution < 1.29 is 4.84 Å². The van der Waals surface area contributed by atoms with E-state index < -0.39 is 0 Å². The molecule has 0 radical (unpaired) electrons. The van der Waals surface area contributed by atoms with Gasteiger partial charge in [-0.15, -0.1) is 5.10 Å². The first-order valence-corrected chi connectivity index (χ1v) is 5.38. The molecule has 5 heteroatoms. The lowest BCUT2D eigenvalue weighted by atomic mass is 10.2. The molecule has 0 bridgehead atoms. The van der Waals surface area contributed by atoms with Crippen LogP contribution in [0, 0.1) is 6.92 Å². The van der Waals surface area contributed by atoms with Crippen molar-refractivity contribution in [2.75, 3.05) is 0 Å². The van der Waals surface area contributed by atoms with E-state index in [2.05, 4.69) is 20.7 Å². The molecule has 0 aliphatic heterocycles. The van der Waals surface area contributed by atoms with E-state index in [1.54, 1.807) is 6.20 Å². The minimum atomic E-state index is 0.446. The highest BCUT2D eigenvalue weighted by Gasteiger charge is 1.97. The van der Waals surface area contributed by atoms with E-state index in [-0.39, 0.29) is 0 Å². The molecule has 0 aliphatic carbocycles. The van der Waals surface area contributed by atoms with Crippen molar-refractivity contribution in [3.05, 3.63) is 53.6 Å². The zero-order valence-electron chi connectivity index (χ0n) is 9.63. The summed E-state index contributed by atoms with van der Waals surface area (Å²) in [5, 5.41) is 7.69. The third-order valence-electron chi connectivity index (χ3n) is 2.14. The molecular weight excluding hydrogens is 216 g/mol. The first kappa shape index (κ1) is 11.6. The van der Waals surface area contributed by atoms with Crippen LogP contribution in [0.4, 0.5) is 0 Å². The molecule has 0 atom stereocenters. The van der Waals surface area contributed by atoms with Gasteiger partial charge in [0.05, 0.1) is 25.0 Å². The Bertz CT molecular complexity index is 461. The second-order valence-corrected chi connectivity index (χ2v) is 3.61. The maximum atomic E-state index is 5.31. The number of hydrogen-bond donors (Lipinski definition) is 1. The van der Waals surface area contributed by atoms with Crippen LogP contribution in [0.2, 0.25) is 0 Å². The molecule has 2 rings (SSSR count). The Balaban J connectivity index is 1.73. The molecule has 17 heavy (non-hydrogen) atoms. The topological polar surface area (TPSA) is 59.9 Å². The molecule has 5 nitrogen and oxygen atoms in total. The fourth-order valence-electron chi connectivity index (χ4n) is 1.33. The van der Waals surface area contributed by atoms with E-state index >= 15 is 0 Å². The van der Waals surface area contributed by atoms with Crippen molar-refractivity contribution in [2.45, 2.75) is 20.1 Å². The standard InChI is InChI=1S/C12H14N4O/c1-10-7-13-16-12(15-10)8-14-17-9-11-5-3-2-4-6-11/h2-7,14H,8-9H2,1H3. The van der Waals surface area contributed by atoms with E-state index in [4.69, 9.17) is 4.84 Å². The summed E-state index contributed by atoms with van der Waals surface area (Å²) in [4.78, 5) is 9.51. The zero-order chi connectivity index (χ0) is 11.9. The van der Waals surface area contributed by atoms with Gasteiger partial charge in [-0.2, -0.15) is 10.6 Å². The molecule has 1 heterocycles. The molecule has 0 spiro atoms. The van der Waals surface area contributed by atoms with Crippen LogP contribution >= 0.6 is 0 Å². The highest BCUT2D eigenvalue weighted by Crippen LogP contribution is 1.99. The van der Waals surface area contributed by atoms with E-state index in [9.17, 15) is 0 Å². The normalized spacial score (nSPS) is 10.4. The Morgan fingerprint density at radius 1 is 1.24 bits per heavy atom. The van der Waals surface area contributed by atoms with Gasteiger partial charge in [-0.25, -0.2) is 4.98 Å². The van der Waals surface area contributed by atoms with Crippen LogP contribution in [0.25, 0.3) is 0 Å². The number of hydrogen-bond acceptors (Lipinski definition) is 5. The summed E-state index contributed by atoms with van der Waals surface area (Å²) in [7, 11) is 0. The largest absolute Gasteiger partial charge is 0.297 e. The number of aromatic nitrogens is 3. The molecule has 0 unspecified atom stereocenters. The number of nitrogens with one attached hydrogen (secondary N) is 1. The van der Waals surface area contributed by atoms with Crippen LogP contribution in [0.15, 0.2) is 36.5 Å². The molecule has 2 aromatic rings. The zero-order valence-corrected chi connectivity index (χ0v) is 9.63. The minimum Gasteiger partial charge on any atom is -0.297 e. The fourth-order valence-corrected chi connectivity index (χ4v) is 1.33. The molecule has 1 N–H and O–H groups in total. The van der Waals surface area contributed by atoms with Gasteiger partial charge in [-0.3, -0.25) is 4.84 Å². The van der Waals surface area contributed by atoms with Crippen LogP contribution in [0.3, 0.4) is 0 Å². The number of benzene rings is 1. The summed E-state index contributed by atoms with van der Waals surface area (Å²) in [5.41, 5.74) is 4.77. The summed E-state index contributed by atoms with van der Waals surface area (Å²) in [6, 6.07) is 9.94. The molecule has 0 fully saturated rings. The van der Waals surface area contributed by atoms with Gasteiger partial charge in [-0.05, 0) is 12.5 Å². The van der Waals surface area contributed by atoms with E-state index in [0.717, 1.165) is 11.3 Å². The first-order chi connectivity index (χ1) is 8.34. The monoisotopic (exact) mass is 230 g/mol. The highest BCUT2D eigenvalue weighted by atomic mass is 16.6. The third-order valence-corrected chi connectivity index (χ3v) is 2.14. The van der Waals surface area contributed by atoms with E-state index in [1.165, 1.54) is 0 Å².